The second kappa shape index (κ2) is 12.7. The number of furan rings is 1. The summed E-state index contributed by atoms with van der Waals surface area (Å²) in [5, 5.41) is 2.42. The first kappa shape index (κ1) is 28.4. The number of fused-ring (bicyclic) bond motifs is 3. The van der Waals surface area contributed by atoms with Crippen molar-refractivity contribution < 1.29 is 9.21 Å². The summed E-state index contributed by atoms with van der Waals surface area (Å²) < 4.78 is 8.25. The molecule has 0 aliphatic rings. The molecule has 0 N–H and O–H groups in total. The molecule has 4 heteroatoms. The van der Waals surface area contributed by atoms with E-state index in [1.54, 1.807) is 6.07 Å². The number of carbonyl (C=O) groups is 1. The van der Waals surface area contributed by atoms with Crippen molar-refractivity contribution in [2.24, 2.45) is 0 Å². The number of rotatable bonds is 11. The van der Waals surface area contributed by atoms with Crippen LogP contribution in [0.4, 0.5) is 17.1 Å². The molecule has 0 bridgehead atoms. The molecule has 0 atom stereocenters. The summed E-state index contributed by atoms with van der Waals surface area (Å²) in [6.07, 6.45) is 5.60. The smallest absolute Gasteiger partial charge is 0.185 e. The van der Waals surface area contributed by atoms with E-state index in [4.69, 9.17) is 4.42 Å². The van der Waals surface area contributed by atoms with Gasteiger partial charge in [0.15, 0.2) is 12.0 Å². The maximum absolute atomic E-state index is 11.3. The molecule has 0 saturated carbocycles. The highest BCUT2D eigenvalue weighted by molar-refractivity contribution is 6.10. The second-order valence-corrected chi connectivity index (χ2v) is 11.5. The van der Waals surface area contributed by atoms with Gasteiger partial charge in [-0.15, -0.1) is 0 Å². The van der Waals surface area contributed by atoms with Crippen LogP contribution in [0.15, 0.2) is 138 Å². The van der Waals surface area contributed by atoms with E-state index in [1.165, 1.54) is 52.2 Å². The highest BCUT2D eigenvalue weighted by atomic mass is 16.3. The van der Waals surface area contributed by atoms with Gasteiger partial charge in [0, 0.05) is 51.0 Å². The number of benzene rings is 5. The SMILES string of the molecule is CCCCCCn1c2ccc(-c3ccc(N(c4ccccc4)c4ccccc4)cc3)cc2c2cc(-c3ccc(C=O)o3)ccc21. The summed E-state index contributed by atoms with van der Waals surface area (Å²) >= 11 is 0. The van der Waals surface area contributed by atoms with E-state index in [-0.39, 0.29) is 0 Å². The van der Waals surface area contributed by atoms with Gasteiger partial charge in [0.2, 0.25) is 0 Å². The third-order valence-electron chi connectivity index (χ3n) is 8.62. The number of aldehydes is 1. The van der Waals surface area contributed by atoms with Crippen LogP contribution in [0.25, 0.3) is 44.3 Å². The Morgan fingerprint density at radius 1 is 0.600 bits per heavy atom. The van der Waals surface area contributed by atoms with Crippen molar-refractivity contribution in [3.05, 3.63) is 139 Å². The molecule has 0 amide bonds. The largest absolute Gasteiger partial charge is 0.453 e. The molecule has 0 saturated heterocycles. The maximum Gasteiger partial charge on any atom is 0.185 e. The van der Waals surface area contributed by atoms with E-state index in [2.05, 4.69) is 126 Å². The molecule has 0 spiro atoms. The molecule has 0 aliphatic heterocycles. The summed E-state index contributed by atoms with van der Waals surface area (Å²) in [5.41, 5.74) is 9.14. The Morgan fingerprint density at radius 3 is 1.78 bits per heavy atom. The lowest BCUT2D eigenvalue weighted by Gasteiger charge is -2.25. The number of aryl methyl sites for hydroxylation is 1. The monoisotopic (exact) mass is 588 g/mol. The van der Waals surface area contributed by atoms with Gasteiger partial charge in [-0.3, -0.25) is 4.79 Å². The normalized spacial score (nSPS) is 11.3. The van der Waals surface area contributed by atoms with Crippen molar-refractivity contribution in [2.75, 3.05) is 4.90 Å². The van der Waals surface area contributed by atoms with Gasteiger partial charge in [0.25, 0.3) is 0 Å². The Balaban J connectivity index is 1.29. The van der Waals surface area contributed by atoms with Gasteiger partial charge in [0.05, 0.1) is 0 Å². The third-order valence-corrected chi connectivity index (χ3v) is 8.62. The van der Waals surface area contributed by atoms with E-state index in [0.717, 1.165) is 41.9 Å². The molecule has 7 rings (SSSR count). The van der Waals surface area contributed by atoms with Crippen molar-refractivity contribution in [3.63, 3.8) is 0 Å². The third kappa shape index (κ3) is 5.67. The Kier molecular flexibility index (Phi) is 8.03. The number of anilines is 3. The first-order valence-corrected chi connectivity index (χ1v) is 15.9. The predicted molar refractivity (Wildman–Crippen MR) is 187 cm³/mol. The summed E-state index contributed by atoms with van der Waals surface area (Å²) in [7, 11) is 0. The second-order valence-electron chi connectivity index (χ2n) is 11.5. The van der Waals surface area contributed by atoms with E-state index in [9.17, 15) is 4.79 Å². The van der Waals surface area contributed by atoms with Gasteiger partial charge in [-0.2, -0.15) is 0 Å². The molecule has 5 aromatic carbocycles. The van der Waals surface area contributed by atoms with Crippen molar-refractivity contribution in [1.29, 1.82) is 0 Å². The molecular weight excluding hydrogens is 552 g/mol. The molecule has 45 heavy (non-hydrogen) atoms. The minimum atomic E-state index is 0.340. The van der Waals surface area contributed by atoms with Crippen LogP contribution in [0.3, 0.4) is 0 Å². The molecule has 4 nitrogen and oxygen atoms in total. The fourth-order valence-electron chi connectivity index (χ4n) is 6.35. The Hall–Kier alpha value is -5.35. The van der Waals surface area contributed by atoms with Crippen molar-refractivity contribution in [2.45, 2.75) is 39.2 Å². The zero-order chi connectivity index (χ0) is 30.6. The number of unbranched alkanes of at least 4 members (excludes halogenated alkanes) is 3. The molecular formula is C41H36N2O2. The fourth-order valence-corrected chi connectivity index (χ4v) is 6.35. The quantitative estimate of drug-likeness (QED) is 0.111. The highest BCUT2D eigenvalue weighted by Crippen LogP contribution is 2.38. The lowest BCUT2D eigenvalue weighted by Crippen LogP contribution is -2.09. The van der Waals surface area contributed by atoms with Crippen molar-refractivity contribution in [1.82, 2.24) is 4.57 Å². The highest BCUT2D eigenvalue weighted by Gasteiger charge is 2.16. The Bertz CT molecular complexity index is 2020. The average molecular weight is 589 g/mol. The van der Waals surface area contributed by atoms with Gasteiger partial charge in [-0.05, 0) is 96.4 Å². The number of hydrogen-bond acceptors (Lipinski definition) is 3. The van der Waals surface area contributed by atoms with Crippen LogP contribution in [0.2, 0.25) is 0 Å². The van der Waals surface area contributed by atoms with Gasteiger partial charge in [0.1, 0.15) is 5.76 Å². The lowest BCUT2D eigenvalue weighted by atomic mass is 10.0. The van der Waals surface area contributed by atoms with Crippen LogP contribution >= 0.6 is 0 Å². The molecule has 0 aliphatic carbocycles. The molecule has 0 radical (unpaired) electrons. The minimum Gasteiger partial charge on any atom is -0.453 e. The molecule has 0 unspecified atom stereocenters. The maximum atomic E-state index is 11.3. The first-order chi connectivity index (χ1) is 22.2. The van der Waals surface area contributed by atoms with Crippen LogP contribution in [0, 0.1) is 0 Å². The Labute approximate surface area is 264 Å². The number of nitrogens with zero attached hydrogens (tertiary/aromatic N) is 2. The zero-order valence-corrected chi connectivity index (χ0v) is 25.5. The van der Waals surface area contributed by atoms with Crippen molar-refractivity contribution in [3.8, 4) is 22.5 Å². The predicted octanol–water partition coefficient (Wildman–Crippen LogP) is 11.6. The van der Waals surface area contributed by atoms with E-state index < -0.39 is 0 Å². The van der Waals surface area contributed by atoms with E-state index in [0.29, 0.717) is 11.5 Å². The average Bonchev–Trinajstić information content (AvgIpc) is 3.71. The summed E-state index contributed by atoms with van der Waals surface area (Å²) in [6.45, 7) is 3.24. The van der Waals surface area contributed by atoms with Crippen LogP contribution in [-0.4, -0.2) is 10.9 Å². The molecule has 7 aromatic rings. The number of hydrogen-bond donors (Lipinski definition) is 0. The van der Waals surface area contributed by atoms with Crippen molar-refractivity contribution >= 4 is 45.2 Å². The van der Waals surface area contributed by atoms with Gasteiger partial charge in [-0.25, -0.2) is 0 Å². The molecule has 0 fully saturated rings. The zero-order valence-electron chi connectivity index (χ0n) is 25.5. The topological polar surface area (TPSA) is 38.4 Å². The Morgan fingerprint density at radius 2 is 1.18 bits per heavy atom. The number of carbonyl (C=O) groups excluding carboxylic acids is 1. The van der Waals surface area contributed by atoms with E-state index >= 15 is 0 Å². The summed E-state index contributed by atoms with van der Waals surface area (Å²) in [4.78, 5) is 13.5. The number of para-hydroxylation sites is 2. The lowest BCUT2D eigenvalue weighted by molar-refractivity contribution is 0.110. The molecule has 2 aromatic heterocycles. The first-order valence-electron chi connectivity index (χ1n) is 15.9. The van der Waals surface area contributed by atoms with E-state index in [1.807, 2.05) is 18.2 Å². The van der Waals surface area contributed by atoms with Gasteiger partial charge in [-0.1, -0.05) is 80.8 Å². The number of aromatic nitrogens is 1. The van der Waals surface area contributed by atoms with Gasteiger partial charge >= 0.3 is 0 Å². The summed E-state index contributed by atoms with van der Waals surface area (Å²) in [6, 6.07) is 46.8. The fraction of sp³-hybridized carbons (Fsp3) is 0.146. The van der Waals surface area contributed by atoms with Crippen LogP contribution in [-0.2, 0) is 6.54 Å². The van der Waals surface area contributed by atoms with Crippen LogP contribution in [0.1, 0.15) is 43.2 Å². The minimum absolute atomic E-state index is 0.340. The van der Waals surface area contributed by atoms with Gasteiger partial charge < -0.3 is 13.9 Å². The standard InChI is InChI=1S/C41H36N2O2/c1-2-3-4-11-26-42-39-23-18-31(27-37(39)38-28-32(19-24-40(38)42)41-25-22-36(29-44)45-41)30-16-20-35(21-17-30)43(33-12-7-5-8-13-33)34-14-9-6-10-15-34/h5-10,12-25,27-29H,2-4,11,26H2,1H3. The molecule has 222 valence electrons. The van der Waals surface area contributed by atoms with Crippen LogP contribution < -0.4 is 4.90 Å². The molecule has 2 heterocycles. The summed E-state index contributed by atoms with van der Waals surface area (Å²) in [5.74, 6) is 1.04. The van der Waals surface area contributed by atoms with Crippen LogP contribution in [0.5, 0.6) is 0 Å².